The van der Waals surface area contributed by atoms with Crippen LogP contribution in [0.5, 0.6) is 0 Å². The van der Waals surface area contributed by atoms with Gasteiger partial charge in [0.05, 0.1) is 5.92 Å². The van der Waals surface area contributed by atoms with E-state index >= 15 is 0 Å². The number of rotatable bonds is 6. The van der Waals surface area contributed by atoms with E-state index in [0.29, 0.717) is 36.5 Å². The quantitative estimate of drug-likeness (QED) is 0.482. The van der Waals surface area contributed by atoms with Crippen LogP contribution in [0.4, 0.5) is 5.69 Å². The second-order valence-corrected chi connectivity index (χ2v) is 7.85. The topological polar surface area (TPSA) is 104 Å². The van der Waals surface area contributed by atoms with Crippen LogP contribution in [0.15, 0.2) is 79.4 Å². The first-order valence-corrected chi connectivity index (χ1v) is 10.7. The van der Waals surface area contributed by atoms with Crippen LogP contribution in [0.25, 0.3) is 0 Å². The standard InChI is InChI=1S/C25H22N6O2/c32-24(27-12-10-17-5-4-11-26-14-17)19-8-9-22-20(13-19)21(23-28-16-29-30-23)15-31(22)25(33)18-6-2-1-3-7-18/h1-9,11,13-14,16,21H,10,12,15H2,(H,27,32)(H,28,29,30)/t21-/m0/s1. The van der Waals surface area contributed by atoms with Gasteiger partial charge in [0.15, 0.2) is 0 Å². The van der Waals surface area contributed by atoms with E-state index in [1.807, 2.05) is 42.5 Å². The van der Waals surface area contributed by atoms with Crippen LogP contribution < -0.4 is 10.2 Å². The van der Waals surface area contributed by atoms with E-state index in [4.69, 9.17) is 0 Å². The third kappa shape index (κ3) is 4.23. The number of aromatic amines is 1. The Balaban J connectivity index is 1.39. The first kappa shape index (κ1) is 20.6. The molecule has 33 heavy (non-hydrogen) atoms. The lowest BCUT2D eigenvalue weighted by atomic mass is 9.98. The second-order valence-electron chi connectivity index (χ2n) is 7.85. The fraction of sp³-hybridized carbons (Fsp3) is 0.160. The number of pyridine rings is 1. The lowest BCUT2D eigenvalue weighted by Crippen LogP contribution is -2.30. The van der Waals surface area contributed by atoms with Crippen LogP contribution in [0, 0.1) is 0 Å². The largest absolute Gasteiger partial charge is 0.352 e. The highest BCUT2D eigenvalue weighted by molar-refractivity contribution is 6.08. The third-order valence-electron chi connectivity index (χ3n) is 5.77. The monoisotopic (exact) mass is 438 g/mol. The summed E-state index contributed by atoms with van der Waals surface area (Å²) in [7, 11) is 0. The number of hydrogen-bond donors (Lipinski definition) is 2. The van der Waals surface area contributed by atoms with Crippen molar-refractivity contribution in [3.05, 3.63) is 107 Å². The summed E-state index contributed by atoms with van der Waals surface area (Å²) < 4.78 is 0. The highest BCUT2D eigenvalue weighted by Crippen LogP contribution is 2.40. The first-order chi connectivity index (χ1) is 16.2. The molecule has 4 aromatic rings. The van der Waals surface area contributed by atoms with Gasteiger partial charge in [-0.05, 0) is 53.9 Å². The minimum atomic E-state index is -0.196. The summed E-state index contributed by atoms with van der Waals surface area (Å²) in [5.41, 5.74) is 3.86. The molecule has 2 N–H and O–H groups in total. The van der Waals surface area contributed by atoms with E-state index in [-0.39, 0.29) is 17.7 Å². The first-order valence-electron chi connectivity index (χ1n) is 10.7. The molecule has 0 aliphatic carbocycles. The number of aromatic nitrogens is 4. The van der Waals surface area contributed by atoms with E-state index in [1.54, 1.807) is 35.5 Å². The van der Waals surface area contributed by atoms with Gasteiger partial charge in [-0.3, -0.25) is 19.7 Å². The van der Waals surface area contributed by atoms with Crippen LogP contribution in [0.3, 0.4) is 0 Å². The second kappa shape index (κ2) is 9.04. The number of nitrogens with zero attached hydrogens (tertiary/aromatic N) is 4. The number of fused-ring (bicyclic) bond motifs is 1. The SMILES string of the molecule is O=C(NCCc1cccnc1)c1ccc2c(c1)[C@@H](c1ncn[nH]1)CN2C(=O)c1ccccc1. The summed E-state index contributed by atoms with van der Waals surface area (Å²) in [6.07, 6.45) is 5.67. The Bertz CT molecular complexity index is 1260. The highest BCUT2D eigenvalue weighted by Gasteiger charge is 2.35. The summed E-state index contributed by atoms with van der Waals surface area (Å²) >= 11 is 0. The molecule has 0 radical (unpaired) electrons. The van der Waals surface area contributed by atoms with Crippen molar-refractivity contribution in [3.63, 3.8) is 0 Å². The molecule has 0 bridgehead atoms. The number of carbonyl (C=O) groups is 2. The molecular weight excluding hydrogens is 416 g/mol. The maximum absolute atomic E-state index is 13.2. The van der Waals surface area contributed by atoms with Crippen LogP contribution in [0.2, 0.25) is 0 Å². The number of benzene rings is 2. The maximum Gasteiger partial charge on any atom is 0.258 e. The molecule has 0 saturated carbocycles. The number of carbonyl (C=O) groups excluding carboxylic acids is 2. The van der Waals surface area contributed by atoms with Crippen LogP contribution in [-0.4, -0.2) is 45.1 Å². The van der Waals surface area contributed by atoms with E-state index in [1.165, 1.54) is 6.33 Å². The van der Waals surface area contributed by atoms with E-state index in [9.17, 15) is 9.59 Å². The van der Waals surface area contributed by atoms with Crippen LogP contribution >= 0.6 is 0 Å². The summed E-state index contributed by atoms with van der Waals surface area (Å²) in [6, 6.07) is 18.5. The lowest BCUT2D eigenvalue weighted by Gasteiger charge is -2.18. The van der Waals surface area contributed by atoms with Gasteiger partial charge in [-0.15, -0.1) is 0 Å². The molecule has 8 heteroatoms. The van der Waals surface area contributed by atoms with Gasteiger partial charge in [-0.1, -0.05) is 24.3 Å². The van der Waals surface area contributed by atoms with Crippen LogP contribution in [0.1, 0.15) is 43.6 Å². The predicted molar refractivity (Wildman–Crippen MR) is 123 cm³/mol. The van der Waals surface area contributed by atoms with Gasteiger partial charge >= 0.3 is 0 Å². The molecule has 0 fully saturated rings. The molecule has 2 amide bonds. The van der Waals surface area contributed by atoms with Crippen molar-refractivity contribution in [1.82, 2.24) is 25.5 Å². The highest BCUT2D eigenvalue weighted by atomic mass is 16.2. The van der Waals surface area contributed by atoms with Gasteiger partial charge < -0.3 is 10.2 Å². The normalized spacial score (nSPS) is 14.7. The van der Waals surface area contributed by atoms with Gasteiger partial charge in [-0.25, -0.2) is 4.98 Å². The Labute approximate surface area is 190 Å². The molecule has 1 atom stereocenters. The van der Waals surface area contributed by atoms with Crippen molar-refractivity contribution in [2.24, 2.45) is 0 Å². The fourth-order valence-electron chi connectivity index (χ4n) is 4.11. The number of nitrogens with one attached hydrogen (secondary N) is 2. The summed E-state index contributed by atoms with van der Waals surface area (Å²) in [5, 5.41) is 9.85. The zero-order chi connectivity index (χ0) is 22.6. The average molecular weight is 438 g/mol. The summed E-state index contributed by atoms with van der Waals surface area (Å²) in [5.74, 6) is 0.213. The van der Waals surface area contributed by atoms with Gasteiger partial charge in [0.1, 0.15) is 12.2 Å². The number of hydrogen-bond acceptors (Lipinski definition) is 5. The smallest absolute Gasteiger partial charge is 0.258 e. The van der Waals surface area contributed by atoms with Crippen molar-refractivity contribution in [1.29, 1.82) is 0 Å². The molecule has 3 heterocycles. The number of amides is 2. The molecule has 8 nitrogen and oxygen atoms in total. The van der Waals surface area contributed by atoms with Crippen molar-refractivity contribution in [3.8, 4) is 0 Å². The molecule has 2 aromatic heterocycles. The molecule has 0 saturated heterocycles. The molecule has 5 rings (SSSR count). The van der Waals surface area contributed by atoms with Gasteiger partial charge in [0.2, 0.25) is 0 Å². The van der Waals surface area contributed by atoms with E-state index in [0.717, 1.165) is 16.8 Å². The van der Waals surface area contributed by atoms with Crippen molar-refractivity contribution < 1.29 is 9.59 Å². The minimum Gasteiger partial charge on any atom is -0.352 e. The molecule has 2 aromatic carbocycles. The summed E-state index contributed by atoms with van der Waals surface area (Å²) in [6.45, 7) is 0.927. The Morgan fingerprint density at radius 3 is 2.70 bits per heavy atom. The van der Waals surface area contributed by atoms with Gasteiger partial charge in [-0.2, -0.15) is 5.10 Å². The lowest BCUT2D eigenvalue weighted by molar-refractivity contribution is 0.0952. The number of H-pyrrole nitrogens is 1. The summed E-state index contributed by atoms with van der Waals surface area (Å²) in [4.78, 5) is 36.2. The average Bonchev–Trinajstić information content (AvgIpc) is 3.52. The zero-order valence-corrected chi connectivity index (χ0v) is 17.8. The Morgan fingerprint density at radius 2 is 1.94 bits per heavy atom. The third-order valence-corrected chi connectivity index (χ3v) is 5.77. The van der Waals surface area contributed by atoms with Crippen molar-refractivity contribution in [2.75, 3.05) is 18.0 Å². The van der Waals surface area contributed by atoms with Crippen molar-refractivity contribution in [2.45, 2.75) is 12.3 Å². The van der Waals surface area contributed by atoms with Crippen LogP contribution in [-0.2, 0) is 6.42 Å². The molecule has 0 unspecified atom stereocenters. The van der Waals surface area contributed by atoms with Gasteiger partial charge in [0, 0.05) is 42.3 Å². The minimum absolute atomic E-state index is 0.0902. The zero-order valence-electron chi connectivity index (χ0n) is 17.8. The molecule has 0 spiro atoms. The fourth-order valence-corrected chi connectivity index (χ4v) is 4.11. The van der Waals surface area contributed by atoms with E-state index < -0.39 is 0 Å². The number of anilines is 1. The molecule has 1 aliphatic heterocycles. The Morgan fingerprint density at radius 1 is 1.06 bits per heavy atom. The molecule has 1 aliphatic rings. The Hall–Kier alpha value is -4.33. The predicted octanol–water partition coefficient (Wildman–Crippen LogP) is 2.96. The molecule has 164 valence electrons. The van der Waals surface area contributed by atoms with Gasteiger partial charge in [0.25, 0.3) is 11.8 Å². The van der Waals surface area contributed by atoms with Crippen molar-refractivity contribution >= 4 is 17.5 Å². The Kier molecular flexibility index (Phi) is 5.63. The molecular formula is C25H22N6O2. The maximum atomic E-state index is 13.2. The van der Waals surface area contributed by atoms with E-state index in [2.05, 4.69) is 25.5 Å².